The first-order valence-electron chi connectivity index (χ1n) is 7.03. The monoisotopic (exact) mass is 454 g/mol. The fraction of sp³-hybridized carbons (Fsp3) is 0.200. The Morgan fingerprint density at radius 2 is 1.73 bits per heavy atom. The average Bonchev–Trinajstić information content (AvgIpc) is 2.49. The van der Waals surface area contributed by atoms with Crippen molar-refractivity contribution in [1.82, 2.24) is 5.32 Å². The number of primary sulfonamides is 1. The molecule has 11 heteroatoms. The second kappa shape index (κ2) is 7.82. The lowest BCUT2D eigenvalue weighted by Gasteiger charge is -2.14. The summed E-state index contributed by atoms with van der Waals surface area (Å²) < 4.78 is 69.4. The van der Waals surface area contributed by atoms with Gasteiger partial charge in [0, 0.05) is 16.6 Å². The third-order valence-corrected chi connectivity index (χ3v) is 4.94. The van der Waals surface area contributed by atoms with Gasteiger partial charge < -0.3 is 14.8 Å². The summed E-state index contributed by atoms with van der Waals surface area (Å²) in [6.07, 6.45) is -4.78. The van der Waals surface area contributed by atoms with Crippen LogP contribution in [0.25, 0.3) is 0 Å². The van der Waals surface area contributed by atoms with Crippen molar-refractivity contribution in [2.45, 2.75) is 17.8 Å². The summed E-state index contributed by atoms with van der Waals surface area (Å²) in [6.45, 7) is 0.278. The zero-order chi connectivity index (χ0) is 19.5. The van der Waals surface area contributed by atoms with Crippen LogP contribution in [0.1, 0.15) is 5.56 Å². The molecule has 142 valence electrons. The highest BCUT2D eigenvalue weighted by molar-refractivity contribution is 9.10. The van der Waals surface area contributed by atoms with Gasteiger partial charge in [-0.2, -0.15) is 0 Å². The van der Waals surface area contributed by atoms with Gasteiger partial charge in [-0.05, 0) is 59.4 Å². The van der Waals surface area contributed by atoms with Crippen LogP contribution in [0.15, 0.2) is 45.8 Å². The van der Waals surface area contributed by atoms with Crippen LogP contribution in [0.5, 0.6) is 17.2 Å². The Morgan fingerprint density at radius 3 is 2.23 bits per heavy atom. The number of hydrogen-bond acceptors (Lipinski definition) is 5. The molecule has 0 radical (unpaired) electrons. The summed E-state index contributed by atoms with van der Waals surface area (Å²) in [4.78, 5) is -0.107. The third-order valence-electron chi connectivity index (χ3n) is 3.07. The number of benzene rings is 2. The molecular weight excluding hydrogens is 441 g/mol. The molecule has 0 heterocycles. The van der Waals surface area contributed by atoms with Gasteiger partial charge in [0.1, 0.15) is 17.2 Å². The molecule has 2 aromatic rings. The van der Waals surface area contributed by atoms with E-state index in [1.54, 1.807) is 7.05 Å². The summed E-state index contributed by atoms with van der Waals surface area (Å²) >= 11 is 3.12. The van der Waals surface area contributed by atoms with E-state index >= 15 is 0 Å². The Bertz CT molecular complexity index is 887. The number of alkyl halides is 3. The smallest absolute Gasteiger partial charge is 0.457 e. The van der Waals surface area contributed by atoms with Gasteiger partial charge in [0.25, 0.3) is 0 Å². The lowest BCUT2D eigenvalue weighted by Crippen LogP contribution is -2.17. The highest BCUT2D eigenvalue weighted by atomic mass is 79.9. The van der Waals surface area contributed by atoms with Gasteiger partial charge in [0.05, 0.1) is 4.90 Å². The maximum atomic E-state index is 12.2. The van der Waals surface area contributed by atoms with Gasteiger partial charge >= 0.3 is 6.36 Å². The van der Waals surface area contributed by atoms with Crippen molar-refractivity contribution in [2.24, 2.45) is 5.14 Å². The molecule has 0 aromatic heterocycles. The summed E-state index contributed by atoms with van der Waals surface area (Å²) in [7, 11) is -2.28. The largest absolute Gasteiger partial charge is 0.573 e. The molecule has 0 unspecified atom stereocenters. The Labute approximate surface area is 156 Å². The first kappa shape index (κ1) is 20.5. The van der Waals surface area contributed by atoms with Gasteiger partial charge in [0.2, 0.25) is 10.0 Å². The molecule has 2 rings (SSSR count). The van der Waals surface area contributed by atoms with Crippen LogP contribution in [-0.2, 0) is 16.6 Å². The van der Waals surface area contributed by atoms with E-state index in [0.29, 0.717) is 11.3 Å². The molecule has 0 saturated carbocycles. The van der Waals surface area contributed by atoms with Crippen molar-refractivity contribution < 1.29 is 31.1 Å². The van der Waals surface area contributed by atoms with Crippen LogP contribution < -0.4 is 19.9 Å². The minimum atomic E-state index is -4.78. The lowest BCUT2D eigenvalue weighted by atomic mass is 10.2. The molecule has 0 bridgehead atoms. The van der Waals surface area contributed by atoms with Gasteiger partial charge in [-0.1, -0.05) is 0 Å². The van der Waals surface area contributed by atoms with Crippen molar-refractivity contribution in [3.8, 4) is 17.2 Å². The zero-order valence-electron chi connectivity index (χ0n) is 13.3. The third kappa shape index (κ3) is 5.59. The van der Waals surface area contributed by atoms with E-state index in [0.717, 1.165) is 12.1 Å². The Morgan fingerprint density at radius 1 is 1.15 bits per heavy atom. The second-order valence-corrected chi connectivity index (χ2v) is 7.47. The molecule has 0 spiro atoms. The Hall–Kier alpha value is -1.82. The maximum Gasteiger partial charge on any atom is 0.573 e. The van der Waals surface area contributed by atoms with Crippen molar-refractivity contribution >= 4 is 26.0 Å². The predicted molar refractivity (Wildman–Crippen MR) is 91.5 cm³/mol. The highest BCUT2D eigenvalue weighted by Crippen LogP contribution is 2.34. The first-order chi connectivity index (χ1) is 12.0. The van der Waals surface area contributed by atoms with Gasteiger partial charge in [-0.15, -0.1) is 13.2 Å². The fourth-order valence-electron chi connectivity index (χ4n) is 2.06. The summed E-state index contributed by atoms with van der Waals surface area (Å²) in [5.41, 5.74) is 0.496. The Kier molecular flexibility index (Phi) is 6.17. The van der Waals surface area contributed by atoms with Crippen LogP contribution in [0.4, 0.5) is 13.2 Å². The summed E-state index contributed by atoms with van der Waals surface area (Å²) in [5.74, 6) is 0.168. The van der Waals surface area contributed by atoms with Crippen molar-refractivity contribution in [2.75, 3.05) is 7.05 Å². The molecule has 0 amide bonds. The molecule has 3 N–H and O–H groups in total. The van der Waals surface area contributed by atoms with Gasteiger partial charge in [-0.25, -0.2) is 13.6 Å². The SMILES string of the molecule is CNCc1cc(S(N)(=O)=O)c(Br)cc1Oc1ccc(OC(F)(F)F)cc1. The number of hydrogen-bond donors (Lipinski definition) is 2. The van der Waals surface area contributed by atoms with Gasteiger partial charge in [0.15, 0.2) is 0 Å². The molecule has 0 fully saturated rings. The highest BCUT2D eigenvalue weighted by Gasteiger charge is 2.31. The van der Waals surface area contributed by atoms with E-state index in [1.165, 1.54) is 24.3 Å². The van der Waals surface area contributed by atoms with Crippen LogP contribution in [0.2, 0.25) is 0 Å². The standard InChI is InChI=1S/C15H14BrF3N2O4S/c1-21-8-9-6-14(26(20,22)23)12(16)7-13(9)24-10-2-4-11(5-3-10)25-15(17,18)19/h2-7,21H,8H2,1H3,(H2,20,22,23). The van der Waals surface area contributed by atoms with E-state index in [1.807, 2.05) is 0 Å². The number of sulfonamides is 1. The number of nitrogens with one attached hydrogen (secondary N) is 1. The molecule has 0 aliphatic carbocycles. The predicted octanol–water partition coefficient (Wildman–Crippen LogP) is 3.51. The van der Waals surface area contributed by atoms with E-state index in [9.17, 15) is 21.6 Å². The summed E-state index contributed by atoms with van der Waals surface area (Å²) in [5, 5.41) is 8.03. The molecule has 0 aliphatic rings. The number of rotatable bonds is 6. The van der Waals surface area contributed by atoms with Crippen molar-refractivity contribution in [1.29, 1.82) is 0 Å². The molecular formula is C15H14BrF3N2O4S. The molecule has 2 aromatic carbocycles. The van der Waals surface area contributed by atoms with Crippen LogP contribution >= 0.6 is 15.9 Å². The average molecular weight is 455 g/mol. The topological polar surface area (TPSA) is 90.7 Å². The number of ether oxygens (including phenoxy) is 2. The van der Waals surface area contributed by atoms with Crippen molar-refractivity contribution in [3.63, 3.8) is 0 Å². The van der Waals surface area contributed by atoms with Crippen LogP contribution in [-0.4, -0.2) is 21.8 Å². The molecule has 26 heavy (non-hydrogen) atoms. The zero-order valence-corrected chi connectivity index (χ0v) is 15.7. The van der Waals surface area contributed by atoms with E-state index in [-0.39, 0.29) is 27.4 Å². The quantitative estimate of drug-likeness (QED) is 0.696. The molecule has 0 saturated heterocycles. The molecule has 0 aliphatic heterocycles. The van der Waals surface area contributed by atoms with Crippen LogP contribution in [0.3, 0.4) is 0 Å². The van der Waals surface area contributed by atoms with Crippen LogP contribution in [0, 0.1) is 0 Å². The van der Waals surface area contributed by atoms with E-state index in [2.05, 4.69) is 26.0 Å². The number of nitrogens with two attached hydrogens (primary N) is 1. The molecule has 6 nitrogen and oxygen atoms in total. The summed E-state index contributed by atoms with van der Waals surface area (Å²) in [6, 6.07) is 7.58. The molecule has 0 atom stereocenters. The van der Waals surface area contributed by atoms with E-state index in [4.69, 9.17) is 9.88 Å². The number of halogens is 4. The van der Waals surface area contributed by atoms with Crippen molar-refractivity contribution in [3.05, 3.63) is 46.4 Å². The minimum Gasteiger partial charge on any atom is -0.457 e. The normalized spacial score (nSPS) is 12.1. The van der Waals surface area contributed by atoms with E-state index < -0.39 is 16.4 Å². The fourth-order valence-corrected chi connectivity index (χ4v) is 3.69. The van der Waals surface area contributed by atoms with Gasteiger partial charge in [-0.3, -0.25) is 0 Å². The Balaban J connectivity index is 2.32. The lowest BCUT2D eigenvalue weighted by molar-refractivity contribution is -0.274. The first-order valence-corrected chi connectivity index (χ1v) is 9.37. The second-order valence-electron chi connectivity index (χ2n) is 5.09. The minimum absolute atomic E-state index is 0.107. The maximum absolute atomic E-state index is 12.2.